The minimum atomic E-state index is -0.280. The van der Waals surface area contributed by atoms with Crippen LogP contribution in [-0.2, 0) is 14.3 Å². The molecule has 0 bridgehead atoms. The maximum absolute atomic E-state index is 11.3. The molecule has 0 aliphatic heterocycles. The van der Waals surface area contributed by atoms with Gasteiger partial charge in [-0.15, -0.1) is 0 Å². The van der Waals surface area contributed by atoms with Gasteiger partial charge in [-0.1, -0.05) is 6.92 Å². The number of hydrogen-bond acceptors (Lipinski definition) is 4. The van der Waals surface area contributed by atoms with Gasteiger partial charge in [-0.3, -0.25) is 9.59 Å². The molecule has 0 heterocycles. The Bertz CT molecular complexity index is 223. The van der Waals surface area contributed by atoms with Gasteiger partial charge in [0, 0.05) is 6.42 Å². The molecule has 0 aromatic heterocycles. The Hall–Kier alpha value is -1.19. The summed E-state index contributed by atoms with van der Waals surface area (Å²) in [5, 5.41) is 6.68. The van der Waals surface area contributed by atoms with Crippen molar-refractivity contribution in [1.82, 2.24) is 0 Å². The molecular weight excluding hydrogens is 182 g/mol. The highest BCUT2D eigenvalue weighted by Gasteiger charge is 2.16. The zero-order valence-electron chi connectivity index (χ0n) is 8.87. The van der Waals surface area contributed by atoms with Crippen LogP contribution >= 0.6 is 0 Å². The smallest absolute Gasteiger partial charge is 0.308 e. The van der Waals surface area contributed by atoms with E-state index in [0.29, 0.717) is 6.42 Å². The summed E-state index contributed by atoms with van der Waals surface area (Å²) < 4.78 is 4.97. The quantitative estimate of drug-likeness (QED) is 0.521. The third-order valence-electron chi connectivity index (χ3n) is 1.74. The summed E-state index contributed by atoms with van der Waals surface area (Å²) in [5.74, 6) is -0.812. The molecule has 0 aliphatic carbocycles. The van der Waals surface area contributed by atoms with Crippen molar-refractivity contribution in [3.05, 3.63) is 0 Å². The summed E-state index contributed by atoms with van der Waals surface area (Å²) in [6.07, 6.45) is 1.33. The van der Waals surface area contributed by atoms with Gasteiger partial charge in [0.2, 0.25) is 0 Å². The molecule has 4 nitrogen and oxygen atoms in total. The van der Waals surface area contributed by atoms with Gasteiger partial charge in [-0.25, -0.2) is 0 Å². The zero-order valence-corrected chi connectivity index (χ0v) is 8.87. The fourth-order valence-corrected chi connectivity index (χ4v) is 0.897. The highest BCUT2D eigenvalue weighted by Crippen LogP contribution is 2.09. The first-order valence-corrected chi connectivity index (χ1v) is 4.71. The van der Waals surface area contributed by atoms with Gasteiger partial charge in [-0.05, 0) is 20.3 Å². The van der Waals surface area contributed by atoms with E-state index in [-0.39, 0.29) is 30.2 Å². The molecule has 14 heavy (non-hydrogen) atoms. The Balaban J connectivity index is 3.83. The number of esters is 1. The monoisotopic (exact) mass is 199 g/mol. The summed E-state index contributed by atoms with van der Waals surface area (Å²) in [5.41, 5.74) is 0. The molecule has 0 radical (unpaired) electrons. The van der Waals surface area contributed by atoms with Crippen molar-refractivity contribution < 1.29 is 14.3 Å². The topological polar surface area (TPSA) is 67.2 Å². The predicted molar refractivity (Wildman–Crippen MR) is 53.4 cm³/mol. The molecule has 1 N–H and O–H groups in total. The summed E-state index contributed by atoms with van der Waals surface area (Å²) in [4.78, 5) is 22.0. The standard InChI is InChI=1S/C10H17NO3/c1-7(2)14-10(13)8(3)4-5-9(12)6-11/h6-8,11H,4-5H2,1-3H3. The second kappa shape index (κ2) is 6.29. The third kappa shape index (κ3) is 5.45. The lowest BCUT2D eigenvalue weighted by molar-refractivity contribution is -0.152. The van der Waals surface area contributed by atoms with Crippen LogP contribution in [0, 0.1) is 11.3 Å². The molecule has 4 heteroatoms. The van der Waals surface area contributed by atoms with Crippen molar-refractivity contribution in [3.8, 4) is 0 Å². The van der Waals surface area contributed by atoms with Crippen molar-refractivity contribution in [1.29, 1.82) is 5.41 Å². The Morgan fingerprint density at radius 1 is 1.36 bits per heavy atom. The van der Waals surface area contributed by atoms with Gasteiger partial charge in [0.1, 0.15) is 0 Å². The highest BCUT2D eigenvalue weighted by atomic mass is 16.5. The number of ketones is 1. The fraction of sp³-hybridized carbons (Fsp3) is 0.700. The third-order valence-corrected chi connectivity index (χ3v) is 1.74. The van der Waals surface area contributed by atoms with Crippen LogP contribution < -0.4 is 0 Å². The van der Waals surface area contributed by atoms with E-state index in [1.807, 2.05) is 0 Å². The average molecular weight is 199 g/mol. The van der Waals surface area contributed by atoms with Gasteiger partial charge in [0.15, 0.2) is 5.78 Å². The first-order valence-electron chi connectivity index (χ1n) is 4.71. The molecule has 1 atom stereocenters. The van der Waals surface area contributed by atoms with E-state index < -0.39 is 0 Å². The molecule has 0 fully saturated rings. The minimum absolute atomic E-state index is 0.122. The van der Waals surface area contributed by atoms with E-state index in [1.165, 1.54) is 0 Å². The van der Waals surface area contributed by atoms with E-state index in [2.05, 4.69) is 0 Å². The Kier molecular flexibility index (Phi) is 5.76. The summed E-state index contributed by atoms with van der Waals surface area (Å²) in [7, 11) is 0. The number of rotatable bonds is 6. The molecule has 0 amide bonds. The van der Waals surface area contributed by atoms with Crippen LogP contribution in [0.5, 0.6) is 0 Å². The van der Waals surface area contributed by atoms with Gasteiger partial charge in [-0.2, -0.15) is 0 Å². The van der Waals surface area contributed by atoms with Crippen LogP contribution in [0.2, 0.25) is 0 Å². The van der Waals surface area contributed by atoms with E-state index in [0.717, 1.165) is 6.21 Å². The number of carbonyl (C=O) groups excluding carboxylic acids is 2. The summed E-state index contributed by atoms with van der Waals surface area (Å²) in [6.45, 7) is 5.29. The van der Waals surface area contributed by atoms with Gasteiger partial charge in [0.25, 0.3) is 0 Å². The number of Topliss-reactive ketones (excluding diaryl/α,β-unsaturated/α-hetero) is 1. The molecule has 0 aromatic rings. The van der Waals surface area contributed by atoms with Crippen LogP contribution in [0.1, 0.15) is 33.6 Å². The lowest BCUT2D eigenvalue weighted by Crippen LogP contribution is -2.19. The fourth-order valence-electron chi connectivity index (χ4n) is 0.897. The van der Waals surface area contributed by atoms with Crippen molar-refractivity contribution in [3.63, 3.8) is 0 Å². The van der Waals surface area contributed by atoms with E-state index in [4.69, 9.17) is 10.1 Å². The molecule has 80 valence electrons. The highest BCUT2D eigenvalue weighted by molar-refractivity contribution is 6.26. The first-order chi connectivity index (χ1) is 6.47. The SMILES string of the molecule is CC(C)OC(=O)C(C)CCC(=O)C=N. The van der Waals surface area contributed by atoms with Crippen molar-refractivity contribution in [2.24, 2.45) is 5.92 Å². The molecular formula is C10H17NO3. The van der Waals surface area contributed by atoms with Crippen molar-refractivity contribution in [2.75, 3.05) is 0 Å². The van der Waals surface area contributed by atoms with Gasteiger partial charge >= 0.3 is 5.97 Å². The van der Waals surface area contributed by atoms with Gasteiger partial charge in [0.05, 0.1) is 18.2 Å². The Morgan fingerprint density at radius 2 is 1.93 bits per heavy atom. The lowest BCUT2D eigenvalue weighted by Gasteiger charge is -2.12. The van der Waals surface area contributed by atoms with Crippen LogP contribution in [0.4, 0.5) is 0 Å². The molecule has 1 unspecified atom stereocenters. The van der Waals surface area contributed by atoms with Crippen LogP contribution in [0.3, 0.4) is 0 Å². The maximum Gasteiger partial charge on any atom is 0.308 e. The molecule has 0 saturated heterocycles. The van der Waals surface area contributed by atoms with Crippen molar-refractivity contribution in [2.45, 2.75) is 39.7 Å². The second-order valence-corrected chi connectivity index (χ2v) is 3.54. The second-order valence-electron chi connectivity index (χ2n) is 3.54. The van der Waals surface area contributed by atoms with Crippen LogP contribution in [0.15, 0.2) is 0 Å². The predicted octanol–water partition coefficient (Wildman–Crippen LogP) is 1.57. The van der Waals surface area contributed by atoms with Crippen LogP contribution in [0.25, 0.3) is 0 Å². The molecule has 0 aromatic carbocycles. The zero-order chi connectivity index (χ0) is 11.1. The van der Waals surface area contributed by atoms with E-state index >= 15 is 0 Å². The summed E-state index contributed by atoms with van der Waals surface area (Å²) in [6, 6.07) is 0. The van der Waals surface area contributed by atoms with Gasteiger partial charge < -0.3 is 10.1 Å². The molecule has 0 saturated carbocycles. The minimum Gasteiger partial charge on any atom is -0.463 e. The number of ether oxygens (including phenoxy) is 1. The largest absolute Gasteiger partial charge is 0.463 e. The lowest BCUT2D eigenvalue weighted by atomic mass is 10.0. The normalized spacial score (nSPS) is 12.3. The Morgan fingerprint density at radius 3 is 2.36 bits per heavy atom. The number of nitrogens with one attached hydrogen (secondary N) is 1. The summed E-state index contributed by atoms with van der Waals surface area (Å²) >= 11 is 0. The molecule has 0 aliphatic rings. The first kappa shape index (κ1) is 12.8. The number of hydrogen-bond donors (Lipinski definition) is 1. The van der Waals surface area contributed by atoms with E-state index in [9.17, 15) is 9.59 Å². The Labute approximate surface area is 84.1 Å². The van der Waals surface area contributed by atoms with Crippen molar-refractivity contribution >= 4 is 18.0 Å². The maximum atomic E-state index is 11.3. The van der Waals surface area contributed by atoms with E-state index in [1.54, 1.807) is 20.8 Å². The number of carbonyl (C=O) groups is 2. The average Bonchev–Trinajstić information content (AvgIpc) is 2.12. The molecule has 0 spiro atoms. The molecule has 0 rings (SSSR count). The van der Waals surface area contributed by atoms with Crippen LogP contribution in [-0.4, -0.2) is 24.1 Å².